The van der Waals surface area contributed by atoms with E-state index in [9.17, 15) is 4.79 Å². The molecule has 0 unspecified atom stereocenters. The second kappa shape index (κ2) is 13.5. The molecule has 2 heterocycles. The van der Waals surface area contributed by atoms with E-state index in [1.54, 1.807) is 7.11 Å². The van der Waals surface area contributed by atoms with Crippen LogP contribution in [0.5, 0.6) is 5.75 Å². The number of aromatic amines is 1. The predicted molar refractivity (Wildman–Crippen MR) is 159 cm³/mol. The molecule has 202 valence electrons. The van der Waals surface area contributed by atoms with Gasteiger partial charge >= 0.3 is 0 Å². The molecule has 0 atom stereocenters. The van der Waals surface area contributed by atoms with Crippen LogP contribution in [0.2, 0.25) is 0 Å². The lowest BCUT2D eigenvalue weighted by Crippen LogP contribution is -2.25. The minimum atomic E-state index is 0. The van der Waals surface area contributed by atoms with Gasteiger partial charge in [-0.2, -0.15) is 0 Å². The summed E-state index contributed by atoms with van der Waals surface area (Å²) < 4.78 is 5.34. The van der Waals surface area contributed by atoms with E-state index < -0.39 is 0 Å². The van der Waals surface area contributed by atoms with Crippen LogP contribution in [0.4, 0.5) is 5.69 Å². The summed E-state index contributed by atoms with van der Waals surface area (Å²) in [6, 6.07) is 14.5. The van der Waals surface area contributed by atoms with E-state index >= 15 is 0 Å². The lowest BCUT2D eigenvalue weighted by Gasteiger charge is -2.21. The Balaban J connectivity index is 0.00000336. The van der Waals surface area contributed by atoms with Crippen molar-refractivity contribution in [1.82, 2.24) is 15.3 Å². The SMILES string of the molecule is COc1ccc2[nH]cc(CCNC(=O)CCCCCCNc3c4c(nc5ccccc35)CCCC4)c2c1.Cl. The number of rotatable bonds is 12. The first kappa shape index (κ1) is 27.8. The monoisotopic (exact) mass is 534 g/mol. The number of carbonyl (C=O) groups excluding carboxylic acids is 1. The topological polar surface area (TPSA) is 79.0 Å². The number of hydrogen-bond donors (Lipinski definition) is 3. The van der Waals surface area contributed by atoms with Gasteiger partial charge in [0, 0.05) is 53.4 Å². The van der Waals surface area contributed by atoms with Gasteiger partial charge in [0.2, 0.25) is 5.91 Å². The Morgan fingerprint density at radius 2 is 1.84 bits per heavy atom. The number of anilines is 1. The molecule has 2 aromatic heterocycles. The van der Waals surface area contributed by atoms with Crippen molar-refractivity contribution in [2.45, 2.75) is 64.2 Å². The van der Waals surface area contributed by atoms with Crippen molar-refractivity contribution in [2.75, 3.05) is 25.5 Å². The van der Waals surface area contributed by atoms with Gasteiger partial charge in [0.25, 0.3) is 0 Å². The molecule has 1 aliphatic rings. The average molecular weight is 535 g/mol. The van der Waals surface area contributed by atoms with Gasteiger partial charge in [0.05, 0.1) is 12.6 Å². The number of benzene rings is 2. The Labute approximate surface area is 231 Å². The van der Waals surface area contributed by atoms with Crippen molar-refractivity contribution in [2.24, 2.45) is 0 Å². The summed E-state index contributed by atoms with van der Waals surface area (Å²) in [4.78, 5) is 20.5. The van der Waals surface area contributed by atoms with Crippen LogP contribution in [0.3, 0.4) is 0 Å². The fourth-order valence-electron chi connectivity index (χ4n) is 5.47. The highest BCUT2D eigenvalue weighted by molar-refractivity contribution is 5.93. The number of aryl methyl sites for hydroxylation is 1. The van der Waals surface area contributed by atoms with Crippen molar-refractivity contribution >= 4 is 45.8 Å². The normalized spacial score (nSPS) is 12.7. The highest BCUT2D eigenvalue weighted by Gasteiger charge is 2.17. The maximum absolute atomic E-state index is 12.3. The molecule has 1 amide bonds. The van der Waals surface area contributed by atoms with Crippen LogP contribution in [0, 0.1) is 0 Å². The van der Waals surface area contributed by atoms with Crippen LogP contribution in [-0.2, 0) is 24.1 Å². The lowest BCUT2D eigenvalue weighted by molar-refractivity contribution is -0.121. The number of nitrogens with zero attached hydrogens (tertiary/aromatic N) is 1. The Hall–Kier alpha value is -3.25. The number of carbonyl (C=O) groups is 1. The van der Waals surface area contributed by atoms with Gasteiger partial charge < -0.3 is 20.4 Å². The number of fused-ring (bicyclic) bond motifs is 3. The zero-order chi connectivity index (χ0) is 25.5. The van der Waals surface area contributed by atoms with Crippen LogP contribution >= 0.6 is 12.4 Å². The molecule has 7 heteroatoms. The van der Waals surface area contributed by atoms with Crippen LogP contribution in [0.25, 0.3) is 21.8 Å². The third-order valence-corrected chi connectivity index (χ3v) is 7.49. The van der Waals surface area contributed by atoms with Gasteiger partial charge in [-0.3, -0.25) is 9.78 Å². The van der Waals surface area contributed by atoms with Crippen molar-refractivity contribution in [3.05, 3.63) is 65.5 Å². The Kier molecular flexibility index (Phi) is 9.88. The summed E-state index contributed by atoms with van der Waals surface area (Å²) in [5.74, 6) is 0.992. The molecular formula is C31H39ClN4O2. The van der Waals surface area contributed by atoms with Gasteiger partial charge in [0.15, 0.2) is 0 Å². The number of pyridine rings is 1. The fraction of sp³-hybridized carbons (Fsp3) is 0.419. The van der Waals surface area contributed by atoms with E-state index in [2.05, 4.69) is 39.9 Å². The maximum Gasteiger partial charge on any atom is 0.220 e. The quantitative estimate of drug-likeness (QED) is 0.176. The number of aromatic nitrogens is 2. The van der Waals surface area contributed by atoms with Crippen LogP contribution in [0.15, 0.2) is 48.7 Å². The molecule has 2 aromatic carbocycles. The Morgan fingerprint density at radius 1 is 1.00 bits per heavy atom. The number of H-pyrrole nitrogens is 1. The van der Waals surface area contributed by atoms with Gasteiger partial charge in [0.1, 0.15) is 5.75 Å². The Morgan fingerprint density at radius 3 is 2.74 bits per heavy atom. The van der Waals surface area contributed by atoms with E-state index in [1.807, 2.05) is 24.4 Å². The van der Waals surface area contributed by atoms with Crippen molar-refractivity contribution in [3.8, 4) is 5.75 Å². The number of ether oxygens (including phenoxy) is 1. The third-order valence-electron chi connectivity index (χ3n) is 7.49. The summed E-state index contributed by atoms with van der Waals surface area (Å²) in [5.41, 5.74) is 7.39. The highest BCUT2D eigenvalue weighted by Crippen LogP contribution is 2.33. The third kappa shape index (κ3) is 6.60. The molecule has 3 N–H and O–H groups in total. The number of halogens is 1. The van der Waals surface area contributed by atoms with Crippen molar-refractivity contribution < 1.29 is 9.53 Å². The highest BCUT2D eigenvalue weighted by atomic mass is 35.5. The number of hydrogen-bond acceptors (Lipinski definition) is 4. The van der Waals surface area contributed by atoms with Crippen LogP contribution in [-0.4, -0.2) is 36.1 Å². The molecule has 1 aliphatic carbocycles. The van der Waals surface area contributed by atoms with Crippen LogP contribution < -0.4 is 15.4 Å². The zero-order valence-electron chi connectivity index (χ0n) is 22.3. The minimum Gasteiger partial charge on any atom is -0.497 e. The van der Waals surface area contributed by atoms with E-state index in [0.29, 0.717) is 13.0 Å². The fourth-order valence-corrected chi connectivity index (χ4v) is 5.47. The lowest BCUT2D eigenvalue weighted by atomic mass is 9.92. The smallest absolute Gasteiger partial charge is 0.220 e. The molecule has 5 rings (SSSR count). The first-order valence-corrected chi connectivity index (χ1v) is 13.8. The number of amides is 1. The van der Waals surface area contributed by atoms with Gasteiger partial charge in [-0.1, -0.05) is 31.0 Å². The van der Waals surface area contributed by atoms with E-state index in [0.717, 1.165) is 73.7 Å². The van der Waals surface area contributed by atoms with E-state index in [1.165, 1.54) is 40.7 Å². The molecule has 6 nitrogen and oxygen atoms in total. The summed E-state index contributed by atoms with van der Waals surface area (Å²) >= 11 is 0. The molecule has 38 heavy (non-hydrogen) atoms. The molecule has 0 saturated carbocycles. The molecule has 0 radical (unpaired) electrons. The number of nitrogens with one attached hydrogen (secondary N) is 3. The second-order valence-electron chi connectivity index (χ2n) is 10.1. The summed E-state index contributed by atoms with van der Waals surface area (Å²) in [5, 5.41) is 9.23. The van der Waals surface area contributed by atoms with Gasteiger partial charge in [-0.25, -0.2) is 0 Å². The molecule has 0 saturated heterocycles. The predicted octanol–water partition coefficient (Wildman–Crippen LogP) is 6.75. The first-order valence-electron chi connectivity index (χ1n) is 13.8. The van der Waals surface area contributed by atoms with Crippen molar-refractivity contribution in [3.63, 3.8) is 0 Å². The molecule has 0 spiro atoms. The zero-order valence-corrected chi connectivity index (χ0v) is 23.1. The summed E-state index contributed by atoms with van der Waals surface area (Å²) in [6.45, 7) is 1.61. The van der Waals surface area contributed by atoms with Crippen LogP contribution in [0.1, 0.15) is 61.8 Å². The summed E-state index contributed by atoms with van der Waals surface area (Å²) in [6.07, 6.45) is 12.4. The number of para-hydroxylation sites is 1. The minimum absolute atomic E-state index is 0. The summed E-state index contributed by atoms with van der Waals surface area (Å²) in [7, 11) is 1.68. The van der Waals surface area contributed by atoms with Gasteiger partial charge in [-0.15, -0.1) is 12.4 Å². The standard InChI is InChI=1S/C31H38N4O2.ClH/c1-37-23-15-16-27-26(20-23)22(21-34-27)17-19-32-30(36)14-4-2-3-9-18-33-31-24-10-5-7-12-28(24)35-29-13-8-6-11-25(29)31;/h5,7,10,12,15-16,20-21,34H,2-4,6,8-9,11,13-14,17-19H2,1H3,(H,32,36)(H,33,35);1H. The molecule has 0 aliphatic heterocycles. The molecular weight excluding hydrogens is 496 g/mol. The first-order chi connectivity index (χ1) is 18.2. The molecule has 0 fully saturated rings. The second-order valence-corrected chi connectivity index (χ2v) is 10.1. The number of unbranched alkanes of at least 4 members (excludes halogenated alkanes) is 3. The average Bonchev–Trinajstić information content (AvgIpc) is 3.34. The Bertz CT molecular complexity index is 1370. The van der Waals surface area contributed by atoms with E-state index in [4.69, 9.17) is 9.72 Å². The van der Waals surface area contributed by atoms with E-state index in [-0.39, 0.29) is 18.3 Å². The molecule has 0 bridgehead atoms. The molecule has 4 aromatic rings. The van der Waals surface area contributed by atoms with Gasteiger partial charge in [-0.05, 0) is 80.3 Å². The largest absolute Gasteiger partial charge is 0.497 e. The number of methoxy groups -OCH3 is 1. The maximum atomic E-state index is 12.3. The van der Waals surface area contributed by atoms with Crippen molar-refractivity contribution in [1.29, 1.82) is 0 Å².